The van der Waals surface area contributed by atoms with Gasteiger partial charge in [-0.05, 0) is 68.3 Å². The highest BCUT2D eigenvalue weighted by Crippen LogP contribution is 2.27. The van der Waals surface area contributed by atoms with Gasteiger partial charge in [-0.1, -0.05) is 53.2 Å². The van der Waals surface area contributed by atoms with Crippen LogP contribution in [0.2, 0.25) is 0 Å². The molecule has 1 unspecified atom stereocenters. The Bertz CT molecular complexity index is 1400. The lowest BCUT2D eigenvalue weighted by Crippen LogP contribution is -2.40. The number of rotatable bonds is 6. The Morgan fingerprint density at radius 1 is 1.06 bits per heavy atom. The third kappa shape index (κ3) is 4.75. The Balaban J connectivity index is 1.86. The van der Waals surface area contributed by atoms with Gasteiger partial charge >= 0.3 is 6.03 Å². The van der Waals surface area contributed by atoms with Crippen LogP contribution in [0.5, 0.6) is 0 Å². The fourth-order valence-electron chi connectivity index (χ4n) is 4.20. The molecule has 0 bridgehead atoms. The first-order valence-corrected chi connectivity index (χ1v) is 12.1. The molecule has 174 valence electrons. The topological polar surface area (TPSA) is 67.2 Å². The van der Waals surface area contributed by atoms with Crippen LogP contribution in [0, 0.1) is 6.92 Å². The second-order valence-corrected chi connectivity index (χ2v) is 9.03. The number of halogens is 1. The summed E-state index contributed by atoms with van der Waals surface area (Å²) in [6.45, 7) is 6.37. The van der Waals surface area contributed by atoms with E-state index in [2.05, 4.69) is 21.2 Å². The van der Waals surface area contributed by atoms with Crippen molar-refractivity contribution in [1.29, 1.82) is 0 Å². The minimum atomic E-state index is -0.407. The van der Waals surface area contributed by atoms with Crippen molar-refractivity contribution in [3.05, 3.63) is 99.0 Å². The van der Waals surface area contributed by atoms with Crippen molar-refractivity contribution < 1.29 is 4.79 Å². The summed E-state index contributed by atoms with van der Waals surface area (Å²) in [6.07, 6.45) is 0.594. The maximum Gasteiger partial charge on any atom is 0.322 e. The van der Waals surface area contributed by atoms with E-state index in [0.717, 1.165) is 15.7 Å². The third-order valence-electron chi connectivity index (χ3n) is 5.80. The molecule has 34 heavy (non-hydrogen) atoms. The average Bonchev–Trinajstić information content (AvgIpc) is 2.82. The summed E-state index contributed by atoms with van der Waals surface area (Å²) >= 11 is 3.44. The van der Waals surface area contributed by atoms with Crippen molar-refractivity contribution in [2.24, 2.45) is 0 Å². The standard InChI is InChI=1S/C27H27BrN4O2/c1-4-24(31(5-2)27(34)29-20-12-9-11-19(28)17-20)25-30-23-15-7-6-14-22(23)26(33)32(25)21-13-8-10-18(3)16-21/h6-17,24H,4-5H2,1-3H3,(H,29,34). The van der Waals surface area contributed by atoms with Crippen molar-refractivity contribution >= 4 is 38.6 Å². The molecule has 1 aromatic heterocycles. The van der Waals surface area contributed by atoms with Crippen molar-refractivity contribution in [3.63, 3.8) is 0 Å². The van der Waals surface area contributed by atoms with E-state index in [1.807, 2.05) is 87.5 Å². The van der Waals surface area contributed by atoms with Gasteiger partial charge in [0.25, 0.3) is 5.56 Å². The molecular formula is C27H27BrN4O2. The molecule has 0 saturated heterocycles. The van der Waals surface area contributed by atoms with Crippen LogP contribution < -0.4 is 10.9 Å². The molecular weight excluding hydrogens is 492 g/mol. The first kappa shape index (κ1) is 23.7. The fraction of sp³-hybridized carbons (Fsp3) is 0.222. The van der Waals surface area contributed by atoms with E-state index in [4.69, 9.17) is 4.98 Å². The van der Waals surface area contributed by atoms with Gasteiger partial charge in [-0.25, -0.2) is 9.78 Å². The fourth-order valence-corrected chi connectivity index (χ4v) is 4.60. The summed E-state index contributed by atoms with van der Waals surface area (Å²) in [6, 6.07) is 21.9. The van der Waals surface area contributed by atoms with Gasteiger partial charge in [-0.2, -0.15) is 0 Å². The number of anilines is 1. The van der Waals surface area contributed by atoms with Gasteiger partial charge in [-0.15, -0.1) is 0 Å². The molecule has 1 N–H and O–H groups in total. The third-order valence-corrected chi connectivity index (χ3v) is 6.29. The molecule has 0 spiro atoms. The minimum Gasteiger partial charge on any atom is -0.315 e. The van der Waals surface area contributed by atoms with Gasteiger partial charge in [0.1, 0.15) is 5.82 Å². The molecule has 3 aromatic carbocycles. The zero-order valence-corrected chi connectivity index (χ0v) is 21.0. The van der Waals surface area contributed by atoms with Gasteiger partial charge < -0.3 is 10.2 Å². The number of para-hydroxylation sites is 1. The molecule has 0 fully saturated rings. The summed E-state index contributed by atoms with van der Waals surface area (Å²) < 4.78 is 2.53. The SMILES string of the molecule is CCC(c1nc2ccccc2c(=O)n1-c1cccc(C)c1)N(CC)C(=O)Nc1cccc(Br)c1. The molecule has 2 amide bonds. The van der Waals surface area contributed by atoms with Crippen LogP contribution in [-0.2, 0) is 0 Å². The van der Waals surface area contributed by atoms with Crippen LogP contribution in [0.1, 0.15) is 37.7 Å². The van der Waals surface area contributed by atoms with Crippen LogP contribution in [0.4, 0.5) is 10.5 Å². The number of nitrogens with zero attached hydrogens (tertiary/aromatic N) is 3. The molecule has 1 heterocycles. The molecule has 0 aliphatic rings. The lowest BCUT2D eigenvalue weighted by Gasteiger charge is -2.31. The highest BCUT2D eigenvalue weighted by molar-refractivity contribution is 9.10. The molecule has 1 atom stereocenters. The van der Waals surface area contributed by atoms with Gasteiger partial charge in [0.15, 0.2) is 0 Å². The number of aryl methyl sites for hydroxylation is 1. The monoisotopic (exact) mass is 518 g/mol. The smallest absolute Gasteiger partial charge is 0.315 e. The minimum absolute atomic E-state index is 0.145. The number of nitrogens with one attached hydrogen (secondary N) is 1. The number of benzene rings is 3. The lowest BCUT2D eigenvalue weighted by atomic mass is 10.1. The Kier molecular flexibility index (Phi) is 7.12. The molecule has 0 aliphatic carbocycles. The van der Waals surface area contributed by atoms with E-state index in [9.17, 15) is 9.59 Å². The van der Waals surface area contributed by atoms with Crippen molar-refractivity contribution in [2.45, 2.75) is 33.2 Å². The van der Waals surface area contributed by atoms with E-state index in [1.165, 1.54) is 0 Å². The maximum absolute atomic E-state index is 13.7. The molecule has 7 heteroatoms. The molecule has 6 nitrogen and oxygen atoms in total. The number of urea groups is 1. The molecule has 0 saturated carbocycles. The first-order chi connectivity index (χ1) is 16.4. The van der Waals surface area contributed by atoms with Crippen LogP contribution in [0.3, 0.4) is 0 Å². The van der Waals surface area contributed by atoms with E-state index >= 15 is 0 Å². The summed E-state index contributed by atoms with van der Waals surface area (Å²) in [4.78, 5) is 33.7. The highest BCUT2D eigenvalue weighted by atomic mass is 79.9. The van der Waals surface area contributed by atoms with Crippen molar-refractivity contribution in [2.75, 3.05) is 11.9 Å². The summed E-state index contributed by atoms with van der Waals surface area (Å²) in [7, 11) is 0. The largest absolute Gasteiger partial charge is 0.322 e. The quantitative estimate of drug-likeness (QED) is 0.318. The Morgan fingerprint density at radius 3 is 2.53 bits per heavy atom. The van der Waals surface area contributed by atoms with Gasteiger partial charge in [0.05, 0.1) is 22.6 Å². The van der Waals surface area contributed by atoms with E-state index < -0.39 is 6.04 Å². The van der Waals surface area contributed by atoms with Crippen LogP contribution in [0.25, 0.3) is 16.6 Å². The second kappa shape index (κ2) is 10.2. The Morgan fingerprint density at radius 2 is 1.82 bits per heavy atom. The number of aromatic nitrogens is 2. The lowest BCUT2D eigenvalue weighted by molar-refractivity contribution is 0.185. The number of carbonyl (C=O) groups excluding carboxylic acids is 1. The Hall–Kier alpha value is -3.45. The van der Waals surface area contributed by atoms with Crippen molar-refractivity contribution in [3.8, 4) is 5.69 Å². The summed E-state index contributed by atoms with van der Waals surface area (Å²) in [5.41, 5.74) is 2.94. The summed E-state index contributed by atoms with van der Waals surface area (Å²) in [5.74, 6) is 0.544. The predicted molar refractivity (Wildman–Crippen MR) is 141 cm³/mol. The van der Waals surface area contributed by atoms with Crippen LogP contribution in [0.15, 0.2) is 82.1 Å². The van der Waals surface area contributed by atoms with Crippen LogP contribution in [-0.4, -0.2) is 27.0 Å². The normalized spacial score (nSPS) is 11.9. The number of fused-ring (bicyclic) bond motifs is 1. The van der Waals surface area contributed by atoms with Gasteiger partial charge in [0.2, 0.25) is 0 Å². The van der Waals surface area contributed by atoms with Crippen molar-refractivity contribution in [1.82, 2.24) is 14.5 Å². The first-order valence-electron chi connectivity index (χ1n) is 11.3. The van der Waals surface area contributed by atoms with E-state index in [-0.39, 0.29) is 11.6 Å². The van der Waals surface area contributed by atoms with E-state index in [0.29, 0.717) is 35.4 Å². The number of hydrogen-bond acceptors (Lipinski definition) is 3. The van der Waals surface area contributed by atoms with Crippen LogP contribution >= 0.6 is 15.9 Å². The van der Waals surface area contributed by atoms with Gasteiger partial charge in [0, 0.05) is 16.7 Å². The van der Waals surface area contributed by atoms with Gasteiger partial charge in [-0.3, -0.25) is 9.36 Å². The molecule has 4 rings (SSSR count). The zero-order chi connectivity index (χ0) is 24.2. The second-order valence-electron chi connectivity index (χ2n) is 8.12. The molecule has 0 radical (unpaired) electrons. The van der Waals surface area contributed by atoms with E-state index in [1.54, 1.807) is 15.5 Å². The number of amides is 2. The number of carbonyl (C=O) groups is 1. The Labute approximate surface area is 207 Å². The number of hydrogen-bond donors (Lipinski definition) is 1. The molecule has 0 aliphatic heterocycles. The average molecular weight is 519 g/mol. The highest BCUT2D eigenvalue weighted by Gasteiger charge is 2.28. The zero-order valence-electron chi connectivity index (χ0n) is 19.5. The summed E-state index contributed by atoms with van der Waals surface area (Å²) in [5, 5.41) is 3.53. The predicted octanol–water partition coefficient (Wildman–Crippen LogP) is 6.46. The molecule has 4 aromatic rings. The maximum atomic E-state index is 13.7.